The number of methoxy groups -OCH3 is 1. The molecule has 0 spiro atoms. The molecule has 2 unspecified atom stereocenters. The standard InChI is InChI=1S/C30H27NO5/c1-34-29-11-10-19(12-21(29)15-32)20-13-22-16-35-17-23(14-20)31(22)30(33)36-18-28-26-8-4-2-6-24(26)25-7-3-5-9-27(25)28/h2-13,15,22-23,28H,14,16-18H2,1H3. The molecule has 2 bridgehead atoms. The number of morpholine rings is 1. The summed E-state index contributed by atoms with van der Waals surface area (Å²) in [4.78, 5) is 26.7. The van der Waals surface area contributed by atoms with Gasteiger partial charge in [-0.3, -0.25) is 9.69 Å². The van der Waals surface area contributed by atoms with Gasteiger partial charge in [0.15, 0.2) is 6.29 Å². The van der Waals surface area contributed by atoms with Crippen molar-refractivity contribution in [3.05, 3.63) is 95.1 Å². The zero-order valence-electron chi connectivity index (χ0n) is 20.1. The number of carbonyl (C=O) groups excluding carboxylic acids is 2. The summed E-state index contributed by atoms with van der Waals surface area (Å²) >= 11 is 0. The molecule has 2 atom stereocenters. The molecule has 6 rings (SSSR count). The van der Waals surface area contributed by atoms with Gasteiger partial charge in [-0.2, -0.15) is 0 Å². The van der Waals surface area contributed by atoms with E-state index in [0.29, 0.717) is 37.6 Å². The number of amides is 1. The third-order valence-electron chi connectivity index (χ3n) is 7.47. The largest absolute Gasteiger partial charge is 0.496 e. The first kappa shape index (κ1) is 22.6. The summed E-state index contributed by atoms with van der Waals surface area (Å²) in [6.45, 7) is 1.16. The third-order valence-corrected chi connectivity index (χ3v) is 7.47. The summed E-state index contributed by atoms with van der Waals surface area (Å²) in [5.41, 5.74) is 7.38. The van der Waals surface area contributed by atoms with Crippen LogP contribution in [0.2, 0.25) is 0 Å². The van der Waals surface area contributed by atoms with Crippen LogP contribution >= 0.6 is 0 Å². The Balaban J connectivity index is 1.22. The highest BCUT2D eigenvalue weighted by Crippen LogP contribution is 2.44. The summed E-state index contributed by atoms with van der Waals surface area (Å²) in [6.07, 6.45) is 3.19. The van der Waals surface area contributed by atoms with Crippen LogP contribution in [0.25, 0.3) is 16.7 Å². The molecule has 3 aliphatic rings. The van der Waals surface area contributed by atoms with E-state index in [1.807, 2.05) is 47.4 Å². The van der Waals surface area contributed by atoms with Gasteiger partial charge in [0.05, 0.1) is 38.0 Å². The highest BCUT2D eigenvalue weighted by Gasteiger charge is 2.40. The molecule has 1 saturated heterocycles. The first-order valence-electron chi connectivity index (χ1n) is 12.2. The smallest absolute Gasteiger partial charge is 0.410 e. The Morgan fingerprint density at radius 2 is 1.75 bits per heavy atom. The molecule has 2 aliphatic heterocycles. The van der Waals surface area contributed by atoms with Gasteiger partial charge in [0, 0.05) is 5.92 Å². The van der Waals surface area contributed by atoms with Gasteiger partial charge in [-0.1, -0.05) is 60.7 Å². The molecule has 1 aliphatic carbocycles. The number of aldehydes is 1. The minimum Gasteiger partial charge on any atom is -0.496 e. The van der Waals surface area contributed by atoms with E-state index < -0.39 is 0 Å². The van der Waals surface area contributed by atoms with Crippen LogP contribution in [-0.2, 0) is 9.47 Å². The van der Waals surface area contributed by atoms with Crippen molar-refractivity contribution >= 4 is 18.0 Å². The number of hydrogen-bond acceptors (Lipinski definition) is 5. The molecule has 0 saturated carbocycles. The number of nitrogens with zero attached hydrogens (tertiary/aromatic N) is 1. The van der Waals surface area contributed by atoms with Gasteiger partial charge < -0.3 is 14.2 Å². The zero-order valence-corrected chi connectivity index (χ0v) is 20.1. The molecule has 0 radical (unpaired) electrons. The first-order chi connectivity index (χ1) is 17.7. The van der Waals surface area contributed by atoms with Crippen LogP contribution in [0.5, 0.6) is 5.75 Å². The monoisotopic (exact) mass is 481 g/mol. The maximum absolute atomic E-state index is 13.4. The highest BCUT2D eigenvalue weighted by molar-refractivity contribution is 5.83. The normalized spacial score (nSPS) is 20.2. The van der Waals surface area contributed by atoms with Gasteiger partial charge in [0.25, 0.3) is 0 Å². The van der Waals surface area contributed by atoms with Gasteiger partial charge in [-0.25, -0.2) is 4.79 Å². The Morgan fingerprint density at radius 3 is 2.42 bits per heavy atom. The lowest BCUT2D eigenvalue weighted by Gasteiger charge is -2.44. The Bertz CT molecular complexity index is 1320. The van der Waals surface area contributed by atoms with E-state index in [1.54, 1.807) is 7.11 Å². The van der Waals surface area contributed by atoms with Crippen LogP contribution in [0.3, 0.4) is 0 Å². The quantitative estimate of drug-likeness (QED) is 0.462. The maximum Gasteiger partial charge on any atom is 0.410 e. The molecule has 3 aromatic rings. The molecule has 182 valence electrons. The number of carbonyl (C=O) groups is 2. The molecule has 1 fully saturated rings. The van der Waals surface area contributed by atoms with Crippen LogP contribution in [0.1, 0.15) is 39.4 Å². The predicted molar refractivity (Wildman–Crippen MR) is 136 cm³/mol. The fourth-order valence-electron chi connectivity index (χ4n) is 5.79. The van der Waals surface area contributed by atoms with Crippen molar-refractivity contribution in [2.75, 3.05) is 26.9 Å². The molecule has 0 aromatic heterocycles. The van der Waals surface area contributed by atoms with Crippen molar-refractivity contribution < 1.29 is 23.8 Å². The summed E-state index contributed by atoms with van der Waals surface area (Å²) in [7, 11) is 1.55. The van der Waals surface area contributed by atoms with Crippen molar-refractivity contribution in [3.63, 3.8) is 0 Å². The minimum atomic E-state index is -0.311. The highest BCUT2D eigenvalue weighted by atomic mass is 16.6. The molecule has 6 nitrogen and oxygen atoms in total. The Labute approximate surface area is 210 Å². The van der Waals surface area contributed by atoms with Gasteiger partial charge in [-0.15, -0.1) is 0 Å². The van der Waals surface area contributed by atoms with E-state index in [-0.39, 0.29) is 24.1 Å². The fraction of sp³-hybridized carbons (Fsp3) is 0.267. The van der Waals surface area contributed by atoms with E-state index in [4.69, 9.17) is 14.2 Å². The lowest BCUT2D eigenvalue weighted by Crippen LogP contribution is -2.56. The Kier molecular flexibility index (Phi) is 5.82. The van der Waals surface area contributed by atoms with Crippen molar-refractivity contribution in [1.82, 2.24) is 4.90 Å². The number of rotatable bonds is 5. The SMILES string of the molecule is COc1ccc(C2=CC3COCC(C2)N3C(=O)OCC2c3ccccc3-c3ccccc32)cc1C=O. The van der Waals surface area contributed by atoms with Crippen molar-refractivity contribution in [2.24, 2.45) is 0 Å². The number of fused-ring (bicyclic) bond motifs is 5. The minimum absolute atomic E-state index is 0.0226. The molecule has 6 heteroatoms. The average molecular weight is 482 g/mol. The van der Waals surface area contributed by atoms with Crippen molar-refractivity contribution in [2.45, 2.75) is 24.4 Å². The van der Waals surface area contributed by atoms with Gasteiger partial charge in [-0.05, 0) is 51.9 Å². The van der Waals surface area contributed by atoms with E-state index in [9.17, 15) is 9.59 Å². The second-order valence-electron chi connectivity index (χ2n) is 9.44. The number of hydrogen-bond donors (Lipinski definition) is 0. The lowest BCUT2D eigenvalue weighted by molar-refractivity contribution is -0.0331. The molecule has 1 amide bonds. The first-order valence-corrected chi connectivity index (χ1v) is 12.2. The molecule has 0 N–H and O–H groups in total. The molecular formula is C30H27NO5. The van der Waals surface area contributed by atoms with E-state index >= 15 is 0 Å². The fourth-order valence-corrected chi connectivity index (χ4v) is 5.79. The lowest BCUT2D eigenvalue weighted by atomic mass is 9.89. The maximum atomic E-state index is 13.4. The van der Waals surface area contributed by atoms with Crippen LogP contribution in [0.15, 0.2) is 72.8 Å². The zero-order chi connectivity index (χ0) is 24.6. The second-order valence-corrected chi connectivity index (χ2v) is 9.44. The van der Waals surface area contributed by atoms with E-state index in [2.05, 4.69) is 30.3 Å². The molecule has 3 aromatic carbocycles. The molecule has 36 heavy (non-hydrogen) atoms. The Morgan fingerprint density at radius 1 is 1.03 bits per heavy atom. The van der Waals surface area contributed by atoms with Crippen LogP contribution in [0.4, 0.5) is 4.79 Å². The van der Waals surface area contributed by atoms with Gasteiger partial charge in [0.1, 0.15) is 12.4 Å². The van der Waals surface area contributed by atoms with Crippen molar-refractivity contribution in [3.8, 4) is 16.9 Å². The van der Waals surface area contributed by atoms with Crippen LogP contribution < -0.4 is 4.74 Å². The van der Waals surface area contributed by atoms with E-state index in [1.165, 1.54) is 22.3 Å². The summed E-state index contributed by atoms with van der Waals surface area (Å²) in [6, 6.07) is 21.9. The summed E-state index contributed by atoms with van der Waals surface area (Å²) in [5.74, 6) is 0.573. The average Bonchev–Trinajstić information content (AvgIpc) is 3.24. The second kappa shape index (κ2) is 9.28. The summed E-state index contributed by atoms with van der Waals surface area (Å²) < 4.78 is 17.0. The van der Waals surface area contributed by atoms with Crippen LogP contribution in [-0.4, -0.2) is 56.3 Å². The topological polar surface area (TPSA) is 65.1 Å². The van der Waals surface area contributed by atoms with Crippen molar-refractivity contribution in [1.29, 1.82) is 0 Å². The number of ether oxygens (including phenoxy) is 3. The number of benzene rings is 3. The molecular weight excluding hydrogens is 454 g/mol. The van der Waals surface area contributed by atoms with Crippen LogP contribution in [0, 0.1) is 0 Å². The summed E-state index contributed by atoms with van der Waals surface area (Å²) in [5, 5.41) is 0. The molecule has 2 heterocycles. The third kappa shape index (κ3) is 3.78. The van der Waals surface area contributed by atoms with Gasteiger partial charge in [0.2, 0.25) is 0 Å². The Hall–Kier alpha value is -3.90. The van der Waals surface area contributed by atoms with Gasteiger partial charge >= 0.3 is 6.09 Å². The van der Waals surface area contributed by atoms with E-state index in [0.717, 1.165) is 17.4 Å². The predicted octanol–water partition coefficient (Wildman–Crippen LogP) is 5.31.